The van der Waals surface area contributed by atoms with E-state index in [4.69, 9.17) is 4.74 Å². The number of methoxy groups -OCH3 is 1. The van der Waals surface area contributed by atoms with Gasteiger partial charge in [0.1, 0.15) is 23.6 Å². The van der Waals surface area contributed by atoms with Crippen LogP contribution in [0, 0.1) is 0 Å². The minimum Gasteiger partial charge on any atom is -0.497 e. The van der Waals surface area contributed by atoms with Crippen LogP contribution in [0.15, 0.2) is 61.2 Å². The van der Waals surface area contributed by atoms with Gasteiger partial charge in [0.15, 0.2) is 0 Å². The van der Waals surface area contributed by atoms with Crippen LogP contribution in [0.25, 0.3) is 5.82 Å². The highest BCUT2D eigenvalue weighted by Gasteiger charge is 2.14. The summed E-state index contributed by atoms with van der Waals surface area (Å²) in [6.07, 6.45) is 5.11. The molecular weight excluding hydrogens is 304 g/mol. The number of carbonyl (C=O) groups is 1. The molecule has 0 aliphatic rings. The molecule has 6 nitrogen and oxygen atoms in total. The van der Waals surface area contributed by atoms with Gasteiger partial charge in [0.2, 0.25) is 0 Å². The van der Waals surface area contributed by atoms with E-state index in [9.17, 15) is 4.79 Å². The first-order valence-electron chi connectivity index (χ1n) is 7.51. The van der Waals surface area contributed by atoms with Crippen LogP contribution in [0.5, 0.6) is 5.75 Å². The van der Waals surface area contributed by atoms with Crippen molar-refractivity contribution in [3.63, 3.8) is 0 Å². The highest BCUT2D eigenvalue weighted by Crippen LogP contribution is 2.15. The maximum absolute atomic E-state index is 12.6. The third-order valence-corrected chi connectivity index (χ3v) is 3.62. The van der Waals surface area contributed by atoms with Crippen molar-refractivity contribution in [2.45, 2.75) is 6.54 Å². The van der Waals surface area contributed by atoms with Gasteiger partial charge in [0.25, 0.3) is 5.91 Å². The van der Waals surface area contributed by atoms with Crippen LogP contribution in [0.4, 0.5) is 0 Å². The Labute approximate surface area is 140 Å². The molecule has 0 unspecified atom stereocenters. The molecular formula is C18H18N4O2. The fourth-order valence-electron chi connectivity index (χ4n) is 2.39. The Balaban J connectivity index is 1.77. The van der Waals surface area contributed by atoms with E-state index in [0.717, 1.165) is 11.3 Å². The summed E-state index contributed by atoms with van der Waals surface area (Å²) >= 11 is 0. The second kappa shape index (κ2) is 6.95. The fourth-order valence-corrected chi connectivity index (χ4v) is 2.39. The molecule has 122 valence electrons. The second-order valence-electron chi connectivity index (χ2n) is 5.36. The predicted molar refractivity (Wildman–Crippen MR) is 90.2 cm³/mol. The third kappa shape index (κ3) is 3.43. The SMILES string of the molecule is COc1cccc(CN(C)C(=O)c2cccc(-n3ccnc3)n2)c1. The molecule has 0 N–H and O–H groups in total. The molecule has 3 aromatic rings. The van der Waals surface area contributed by atoms with Crippen LogP contribution < -0.4 is 4.74 Å². The average molecular weight is 322 g/mol. The number of imidazole rings is 1. The molecule has 24 heavy (non-hydrogen) atoms. The van der Waals surface area contributed by atoms with Crippen molar-refractivity contribution in [2.75, 3.05) is 14.2 Å². The normalized spacial score (nSPS) is 10.4. The molecule has 0 spiro atoms. The number of benzene rings is 1. The van der Waals surface area contributed by atoms with E-state index in [1.807, 2.05) is 36.4 Å². The average Bonchev–Trinajstić information content (AvgIpc) is 3.16. The molecule has 0 bridgehead atoms. The first kappa shape index (κ1) is 15.7. The van der Waals surface area contributed by atoms with E-state index in [-0.39, 0.29) is 5.91 Å². The molecule has 0 aliphatic carbocycles. The molecule has 1 amide bonds. The van der Waals surface area contributed by atoms with Crippen LogP contribution in [0.2, 0.25) is 0 Å². The van der Waals surface area contributed by atoms with Crippen molar-refractivity contribution in [1.29, 1.82) is 0 Å². The van der Waals surface area contributed by atoms with E-state index in [2.05, 4.69) is 9.97 Å². The van der Waals surface area contributed by atoms with Crippen molar-refractivity contribution in [3.05, 3.63) is 72.4 Å². The van der Waals surface area contributed by atoms with Gasteiger partial charge in [-0.3, -0.25) is 9.36 Å². The van der Waals surface area contributed by atoms with Crippen LogP contribution in [0.3, 0.4) is 0 Å². The molecule has 2 heterocycles. The Hall–Kier alpha value is -3.15. The van der Waals surface area contributed by atoms with Gasteiger partial charge in [0.05, 0.1) is 7.11 Å². The quantitative estimate of drug-likeness (QED) is 0.724. The van der Waals surface area contributed by atoms with Gasteiger partial charge in [-0.1, -0.05) is 18.2 Å². The maximum atomic E-state index is 12.6. The number of ether oxygens (including phenoxy) is 1. The number of amides is 1. The summed E-state index contributed by atoms with van der Waals surface area (Å²) < 4.78 is 6.98. The molecule has 0 saturated carbocycles. The van der Waals surface area contributed by atoms with Crippen molar-refractivity contribution in [2.24, 2.45) is 0 Å². The maximum Gasteiger partial charge on any atom is 0.272 e. The van der Waals surface area contributed by atoms with Gasteiger partial charge >= 0.3 is 0 Å². The second-order valence-corrected chi connectivity index (χ2v) is 5.36. The molecule has 0 fully saturated rings. The Morgan fingerprint density at radius 1 is 1.25 bits per heavy atom. The van der Waals surface area contributed by atoms with Gasteiger partial charge in [0, 0.05) is 26.0 Å². The lowest BCUT2D eigenvalue weighted by Crippen LogP contribution is -2.27. The minimum atomic E-state index is -0.139. The van der Waals surface area contributed by atoms with E-state index in [1.54, 1.807) is 48.4 Å². The summed E-state index contributed by atoms with van der Waals surface area (Å²) in [5.74, 6) is 1.29. The zero-order chi connectivity index (χ0) is 16.9. The van der Waals surface area contributed by atoms with Crippen molar-refractivity contribution >= 4 is 5.91 Å². The lowest BCUT2D eigenvalue weighted by Gasteiger charge is -2.17. The standard InChI is InChI=1S/C18H18N4O2/c1-21(12-14-5-3-6-15(11-14)24-2)18(23)16-7-4-8-17(20-16)22-10-9-19-13-22/h3-11,13H,12H2,1-2H3. The van der Waals surface area contributed by atoms with Crippen LogP contribution in [-0.2, 0) is 6.54 Å². The van der Waals surface area contributed by atoms with Crippen LogP contribution in [-0.4, -0.2) is 39.5 Å². The Kier molecular flexibility index (Phi) is 4.56. The smallest absolute Gasteiger partial charge is 0.272 e. The Morgan fingerprint density at radius 2 is 2.08 bits per heavy atom. The van der Waals surface area contributed by atoms with Gasteiger partial charge < -0.3 is 9.64 Å². The van der Waals surface area contributed by atoms with E-state index in [1.165, 1.54) is 0 Å². The Morgan fingerprint density at radius 3 is 2.83 bits per heavy atom. The number of nitrogens with zero attached hydrogens (tertiary/aromatic N) is 4. The first-order valence-corrected chi connectivity index (χ1v) is 7.51. The van der Waals surface area contributed by atoms with E-state index in [0.29, 0.717) is 18.1 Å². The van der Waals surface area contributed by atoms with Gasteiger partial charge in [-0.15, -0.1) is 0 Å². The van der Waals surface area contributed by atoms with Gasteiger partial charge in [-0.2, -0.15) is 0 Å². The number of hydrogen-bond acceptors (Lipinski definition) is 4. The molecule has 1 aromatic carbocycles. The lowest BCUT2D eigenvalue weighted by molar-refractivity contribution is 0.0779. The van der Waals surface area contributed by atoms with E-state index < -0.39 is 0 Å². The predicted octanol–water partition coefficient (Wildman–Crippen LogP) is 2.55. The molecule has 2 aromatic heterocycles. The summed E-state index contributed by atoms with van der Waals surface area (Å²) in [5, 5.41) is 0. The number of hydrogen-bond donors (Lipinski definition) is 0. The zero-order valence-electron chi connectivity index (χ0n) is 13.6. The lowest BCUT2D eigenvalue weighted by atomic mass is 10.2. The first-order chi connectivity index (χ1) is 11.7. The topological polar surface area (TPSA) is 60.2 Å². The minimum absolute atomic E-state index is 0.139. The number of rotatable bonds is 5. The summed E-state index contributed by atoms with van der Waals surface area (Å²) in [6, 6.07) is 13.0. The monoisotopic (exact) mass is 322 g/mol. The summed E-state index contributed by atoms with van der Waals surface area (Å²) in [7, 11) is 3.38. The van der Waals surface area contributed by atoms with Crippen molar-refractivity contribution < 1.29 is 9.53 Å². The van der Waals surface area contributed by atoms with Gasteiger partial charge in [-0.25, -0.2) is 9.97 Å². The van der Waals surface area contributed by atoms with Crippen LogP contribution in [0.1, 0.15) is 16.1 Å². The highest BCUT2D eigenvalue weighted by atomic mass is 16.5. The molecule has 0 saturated heterocycles. The summed E-state index contributed by atoms with van der Waals surface area (Å²) in [4.78, 5) is 22.7. The number of carbonyl (C=O) groups excluding carboxylic acids is 1. The number of pyridine rings is 1. The molecule has 3 rings (SSSR count). The van der Waals surface area contributed by atoms with Crippen molar-refractivity contribution in [3.8, 4) is 11.6 Å². The molecule has 0 aliphatic heterocycles. The summed E-state index contributed by atoms with van der Waals surface area (Å²) in [5.41, 5.74) is 1.39. The highest BCUT2D eigenvalue weighted by molar-refractivity contribution is 5.92. The van der Waals surface area contributed by atoms with Gasteiger partial charge in [-0.05, 0) is 29.8 Å². The van der Waals surface area contributed by atoms with Crippen molar-refractivity contribution in [1.82, 2.24) is 19.4 Å². The zero-order valence-corrected chi connectivity index (χ0v) is 13.6. The largest absolute Gasteiger partial charge is 0.497 e. The van der Waals surface area contributed by atoms with E-state index >= 15 is 0 Å². The molecule has 0 radical (unpaired) electrons. The fraction of sp³-hybridized carbons (Fsp3) is 0.167. The van der Waals surface area contributed by atoms with Crippen LogP contribution >= 0.6 is 0 Å². The molecule has 6 heteroatoms. The summed E-state index contributed by atoms with van der Waals surface area (Å²) in [6.45, 7) is 0.479. The number of aromatic nitrogens is 3. The Bertz CT molecular complexity index is 831. The third-order valence-electron chi connectivity index (χ3n) is 3.62. The molecule has 0 atom stereocenters.